The topological polar surface area (TPSA) is 101 Å². The Balaban J connectivity index is 0.00000324. The number of carbonyl (C=O) groups excluding carboxylic acids is 1. The van der Waals surface area contributed by atoms with Crippen molar-refractivity contribution < 1.29 is 13.2 Å². The molecule has 0 saturated heterocycles. The second-order valence-electron chi connectivity index (χ2n) is 3.75. The van der Waals surface area contributed by atoms with Crippen molar-refractivity contribution >= 4 is 39.7 Å². The lowest BCUT2D eigenvalue weighted by Gasteiger charge is -2.09. The number of nitrogens with two attached hydrogens (primary N) is 1. The third-order valence-electron chi connectivity index (χ3n) is 2.08. The van der Waals surface area contributed by atoms with Gasteiger partial charge in [0, 0.05) is 5.69 Å². The Kier molecular flexibility index (Phi) is 7.43. The highest BCUT2D eigenvalue weighted by atomic mass is 35.5. The monoisotopic (exact) mass is 307 g/mol. The average molecular weight is 308 g/mol. The number of carbonyl (C=O) groups is 1. The number of benzene rings is 1. The average Bonchev–Trinajstić information content (AvgIpc) is 2.28. The molecule has 0 bridgehead atoms. The molecule has 4 N–H and O–H groups in total. The van der Waals surface area contributed by atoms with Crippen molar-refractivity contribution in [2.24, 2.45) is 5.73 Å². The molecule has 0 saturated carbocycles. The molecule has 0 aromatic heterocycles. The molecule has 6 nitrogen and oxygen atoms in total. The van der Waals surface area contributed by atoms with E-state index in [2.05, 4.69) is 10.0 Å². The van der Waals surface area contributed by atoms with Crippen LogP contribution in [0.3, 0.4) is 0 Å². The Morgan fingerprint density at radius 3 is 2.53 bits per heavy atom. The minimum Gasteiger partial charge on any atom is -0.325 e. The predicted octanol–water partition coefficient (Wildman–Crippen LogP) is 1.16. The van der Waals surface area contributed by atoms with Gasteiger partial charge in [-0.15, -0.1) is 12.4 Å². The summed E-state index contributed by atoms with van der Waals surface area (Å²) in [5, 5.41) is 2.55. The molecule has 0 spiro atoms. The molecule has 8 heteroatoms. The molecule has 0 aliphatic heterocycles. The highest BCUT2D eigenvalue weighted by Crippen LogP contribution is 2.16. The summed E-state index contributed by atoms with van der Waals surface area (Å²) in [7, 11) is -3.32. The second-order valence-corrected chi connectivity index (χ2v) is 5.60. The van der Waals surface area contributed by atoms with E-state index in [0.29, 0.717) is 17.8 Å². The Morgan fingerprint density at radius 2 is 1.95 bits per heavy atom. The van der Waals surface area contributed by atoms with Gasteiger partial charge in [-0.1, -0.05) is 13.0 Å². The quantitative estimate of drug-likeness (QED) is 0.734. The number of sulfonamides is 1. The molecular weight excluding hydrogens is 290 g/mol. The maximum Gasteiger partial charge on any atom is 0.238 e. The molecule has 1 amide bonds. The van der Waals surface area contributed by atoms with Gasteiger partial charge < -0.3 is 11.1 Å². The molecule has 19 heavy (non-hydrogen) atoms. The van der Waals surface area contributed by atoms with Gasteiger partial charge in [-0.25, -0.2) is 8.42 Å². The van der Waals surface area contributed by atoms with Crippen LogP contribution >= 0.6 is 12.4 Å². The number of hydrogen-bond acceptors (Lipinski definition) is 4. The summed E-state index contributed by atoms with van der Waals surface area (Å²) in [5.41, 5.74) is 6.09. The van der Waals surface area contributed by atoms with E-state index in [9.17, 15) is 13.2 Å². The molecule has 0 radical (unpaired) electrons. The summed E-state index contributed by atoms with van der Waals surface area (Å²) >= 11 is 0. The van der Waals surface area contributed by atoms with E-state index in [1.165, 1.54) is 0 Å². The van der Waals surface area contributed by atoms with E-state index in [1.807, 2.05) is 0 Å². The molecule has 0 fully saturated rings. The van der Waals surface area contributed by atoms with Gasteiger partial charge in [-0.3, -0.25) is 9.52 Å². The van der Waals surface area contributed by atoms with Gasteiger partial charge in [0.05, 0.1) is 18.0 Å². The van der Waals surface area contributed by atoms with E-state index in [0.717, 1.165) is 0 Å². The molecule has 0 aliphatic rings. The van der Waals surface area contributed by atoms with E-state index < -0.39 is 10.0 Å². The standard InChI is InChI=1S/C11H17N3O3S.ClH/c1-2-6-18(16,17)14-10-5-3-4-9(7-10)13-11(15)8-12;/h3-5,7,14H,2,6,8,12H2,1H3,(H,13,15);1H. The number of anilines is 2. The third kappa shape index (κ3) is 6.42. The van der Waals surface area contributed by atoms with Gasteiger partial charge >= 0.3 is 0 Å². The summed E-state index contributed by atoms with van der Waals surface area (Å²) in [4.78, 5) is 11.1. The summed E-state index contributed by atoms with van der Waals surface area (Å²) in [6.45, 7) is 1.67. The lowest BCUT2D eigenvalue weighted by atomic mass is 10.3. The Hall–Kier alpha value is -1.31. The van der Waals surface area contributed by atoms with Gasteiger partial charge in [0.25, 0.3) is 0 Å². The van der Waals surface area contributed by atoms with Crippen LogP contribution in [0.5, 0.6) is 0 Å². The van der Waals surface area contributed by atoms with E-state index >= 15 is 0 Å². The SMILES string of the molecule is CCCS(=O)(=O)Nc1cccc(NC(=O)CN)c1.Cl. The number of hydrogen-bond donors (Lipinski definition) is 3. The van der Waals surface area contributed by atoms with Crippen molar-refractivity contribution in [2.75, 3.05) is 22.3 Å². The van der Waals surface area contributed by atoms with Gasteiger partial charge in [-0.05, 0) is 24.6 Å². The zero-order valence-electron chi connectivity index (χ0n) is 10.5. The van der Waals surface area contributed by atoms with Crippen LogP contribution in [0, 0.1) is 0 Å². The normalized spacial score (nSPS) is 10.4. The summed E-state index contributed by atoms with van der Waals surface area (Å²) in [6.07, 6.45) is 0.541. The Labute approximate surface area is 119 Å². The zero-order valence-corrected chi connectivity index (χ0v) is 12.2. The maximum absolute atomic E-state index is 11.6. The van der Waals surface area contributed by atoms with Gasteiger partial charge in [0.1, 0.15) is 0 Å². The van der Waals surface area contributed by atoms with Crippen LogP contribution in [-0.2, 0) is 14.8 Å². The molecular formula is C11H18ClN3O3S. The first-order valence-corrected chi connectivity index (χ1v) is 7.22. The van der Waals surface area contributed by atoms with Crippen molar-refractivity contribution in [3.8, 4) is 0 Å². The van der Waals surface area contributed by atoms with Gasteiger partial charge in [0.15, 0.2) is 0 Å². The van der Waals surface area contributed by atoms with Crippen molar-refractivity contribution in [3.05, 3.63) is 24.3 Å². The smallest absolute Gasteiger partial charge is 0.238 e. The minimum atomic E-state index is -3.32. The van der Waals surface area contributed by atoms with Crippen LogP contribution < -0.4 is 15.8 Å². The Morgan fingerprint density at radius 1 is 1.32 bits per heavy atom. The number of rotatable bonds is 6. The first kappa shape index (κ1) is 17.7. The maximum atomic E-state index is 11.6. The molecule has 108 valence electrons. The second kappa shape index (κ2) is 7.98. The zero-order chi connectivity index (χ0) is 13.6. The van der Waals surface area contributed by atoms with E-state index in [-0.39, 0.29) is 30.6 Å². The van der Waals surface area contributed by atoms with Crippen LogP contribution in [0.2, 0.25) is 0 Å². The number of nitrogens with one attached hydrogen (secondary N) is 2. The molecule has 0 heterocycles. The number of halogens is 1. The largest absolute Gasteiger partial charge is 0.325 e. The fourth-order valence-corrected chi connectivity index (χ4v) is 2.50. The van der Waals surface area contributed by atoms with Gasteiger partial charge in [-0.2, -0.15) is 0 Å². The molecule has 0 atom stereocenters. The highest BCUT2D eigenvalue weighted by molar-refractivity contribution is 7.92. The molecule has 1 rings (SSSR count). The molecule has 1 aromatic carbocycles. The van der Waals surface area contributed by atoms with E-state index in [1.54, 1.807) is 31.2 Å². The van der Waals surface area contributed by atoms with Gasteiger partial charge in [0.2, 0.25) is 15.9 Å². The van der Waals surface area contributed by atoms with Crippen molar-refractivity contribution in [1.82, 2.24) is 0 Å². The van der Waals surface area contributed by atoms with Crippen LogP contribution in [0.1, 0.15) is 13.3 Å². The predicted molar refractivity (Wildman–Crippen MR) is 79.1 cm³/mol. The summed E-state index contributed by atoms with van der Waals surface area (Å²) in [6, 6.07) is 6.47. The van der Waals surface area contributed by atoms with Crippen molar-refractivity contribution in [2.45, 2.75) is 13.3 Å². The van der Waals surface area contributed by atoms with Crippen LogP contribution in [-0.4, -0.2) is 26.6 Å². The third-order valence-corrected chi connectivity index (χ3v) is 3.57. The molecule has 1 aromatic rings. The number of amides is 1. The fraction of sp³-hybridized carbons (Fsp3) is 0.364. The first-order valence-electron chi connectivity index (χ1n) is 5.57. The summed E-state index contributed by atoms with van der Waals surface area (Å²) in [5.74, 6) is -0.268. The van der Waals surface area contributed by atoms with Crippen LogP contribution in [0.25, 0.3) is 0 Å². The molecule has 0 unspecified atom stereocenters. The lowest BCUT2D eigenvalue weighted by molar-refractivity contribution is -0.114. The van der Waals surface area contributed by atoms with Crippen molar-refractivity contribution in [3.63, 3.8) is 0 Å². The van der Waals surface area contributed by atoms with Crippen molar-refractivity contribution in [1.29, 1.82) is 0 Å². The summed E-state index contributed by atoms with van der Waals surface area (Å²) < 4.78 is 25.6. The molecule has 0 aliphatic carbocycles. The first-order chi connectivity index (χ1) is 8.46. The van der Waals surface area contributed by atoms with E-state index in [4.69, 9.17) is 5.73 Å². The van der Waals surface area contributed by atoms with Crippen LogP contribution in [0.4, 0.5) is 11.4 Å². The fourth-order valence-electron chi connectivity index (χ4n) is 1.37. The lowest BCUT2D eigenvalue weighted by Crippen LogP contribution is -2.22. The minimum absolute atomic E-state index is 0. The Bertz CT molecular complexity index is 520. The van der Waals surface area contributed by atoms with Crippen LogP contribution in [0.15, 0.2) is 24.3 Å². The highest BCUT2D eigenvalue weighted by Gasteiger charge is 2.09.